The van der Waals surface area contributed by atoms with Gasteiger partial charge in [0.15, 0.2) is 6.10 Å². The molecule has 0 spiro atoms. The molecule has 0 bridgehead atoms. The third kappa shape index (κ3) is 4.83. The van der Waals surface area contributed by atoms with Crippen LogP contribution in [0, 0.1) is 0 Å². The van der Waals surface area contributed by atoms with Crippen molar-refractivity contribution in [2.75, 3.05) is 39.8 Å². The van der Waals surface area contributed by atoms with Crippen molar-refractivity contribution in [3.8, 4) is 5.75 Å². The highest BCUT2D eigenvalue weighted by Crippen LogP contribution is 2.26. The normalized spacial score (nSPS) is 20.3. The van der Waals surface area contributed by atoms with Crippen LogP contribution in [0.15, 0.2) is 24.3 Å². The Morgan fingerprint density at radius 3 is 2.43 bits per heavy atom. The third-order valence-corrected chi connectivity index (χ3v) is 4.34. The Kier molecular flexibility index (Phi) is 5.89. The van der Waals surface area contributed by atoms with E-state index < -0.39 is 12.3 Å². The number of alkyl halides is 3. The first kappa shape index (κ1) is 18.0. The highest BCUT2D eigenvalue weighted by atomic mass is 19.4. The minimum absolute atomic E-state index is 0.166. The summed E-state index contributed by atoms with van der Waals surface area (Å²) in [6.07, 6.45) is -6.82. The predicted molar refractivity (Wildman–Crippen MR) is 81.5 cm³/mol. The second-order valence-electron chi connectivity index (χ2n) is 5.85. The quantitative estimate of drug-likeness (QED) is 0.898. The molecule has 1 aliphatic heterocycles. The Labute approximate surface area is 134 Å². The van der Waals surface area contributed by atoms with Crippen LogP contribution in [-0.4, -0.2) is 67.0 Å². The van der Waals surface area contributed by atoms with Crippen LogP contribution < -0.4 is 4.74 Å². The Balaban J connectivity index is 1.88. The Hall–Kier alpha value is -1.31. The molecule has 1 N–H and O–H groups in total. The molecule has 2 atom stereocenters. The zero-order chi connectivity index (χ0) is 17.0. The molecule has 1 heterocycles. The minimum atomic E-state index is -4.55. The van der Waals surface area contributed by atoms with Crippen molar-refractivity contribution in [2.45, 2.75) is 25.2 Å². The van der Waals surface area contributed by atoms with E-state index in [1.807, 2.05) is 24.3 Å². The molecule has 0 radical (unpaired) electrons. The average Bonchev–Trinajstić information content (AvgIpc) is 2.54. The van der Waals surface area contributed by atoms with Crippen molar-refractivity contribution in [3.05, 3.63) is 29.8 Å². The number of nitrogens with zero attached hydrogens (tertiary/aromatic N) is 2. The number of hydrogen-bond acceptors (Lipinski definition) is 4. The van der Waals surface area contributed by atoms with Gasteiger partial charge in [0.2, 0.25) is 0 Å². The van der Waals surface area contributed by atoms with Gasteiger partial charge in [0.25, 0.3) is 0 Å². The Morgan fingerprint density at radius 2 is 1.87 bits per heavy atom. The number of ether oxygens (including phenoxy) is 1. The molecule has 0 saturated carbocycles. The number of benzene rings is 1. The van der Waals surface area contributed by atoms with E-state index in [1.54, 1.807) is 12.0 Å². The van der Waals surface area contributed by atoms with Gasteiger partial charge in [-0.25, -0.2) is 0 Å². The standard InChI is InChI=1S/C16H23F3N2O2/c1-12(13-4-3-5-14(10-13)23-2)21-8-6-20(7-9-21)11-15(22)16(17,18)19/h3-5,10,12,15,22H,6-9,11H2,1-2H3/t12-,15-/m1/s1. The average molecular weight is 332 g/mol. The molecular formula is C16H23F3N2O2. The van der Waals surface area contributed by atoms with E-state index in [0.717, 1.165) is 11.3 Å². The van der Waals surface area contributed by atoms with Crippen molar-refractivity contribution in [1.82, 2.24) is 9.80 Å². The third-order valence-electron chi connectivity index (χ3n) is 4.34. The second kappa shape index (κ2) is 7.51. The lowest BCUT2D eigenvalue weighted by molar-refractivity contribution is -0.209. The molecule has 0 amide bonds. The van der Waals surface area contributed by atoms with Gasteiger partial charge < -0.3 is 9.84 Å². The monoisotopic (exact) mass is 332 g/mol. The lowest BCUT2D eigenvalue weighted by Crippen LogP contribution is -2.51. The molecule has 1 aromatic rings. The zero-order valence-corrected chi connectivity index (χ0v) is 13.4. The molecule has 0 unspecified atom stereocenters. The van der Waals surface area contributed by atoms with Crippen molar-refractivity contribution in [1.29, 1.82) is 0 Å². The fourth-order valence-electron chi connectivity index (χ4n) is 2.79. The van der Waals surface area contributed by atoms with Gasteiger partial charge in [-0.1, -0.05) is 12.1 Å². The summed E-state index contributed by atoms with van der Waals surface area (Å²) in [5, 5.41) is 9.15. The maximum atomic E-state index is 12.4. The first-order chi connectivity index (χ1) is 10.8. The molecular weight excluding hydrogens is 309 g/mol. The van der Waals surface area contributed by atoms with Crippen molar-refractivity contribution < 1.29 is 23.0 Å². The number of rotatable bonds is 5. The van der Waals surface area contributed by atoms with Crippen LogP contribution in [0.2, 0.25) is 0 Å². The summed E-state index contributed by atoms with van der Waals surface area (Å²) in [5.74, 6) is 0.793. The summed E-state index contributed by atoms with van der Waals surface area (Å²) in [5.41, 5.74) is 1.12. The van der Waals surface area contributed by atoms with Crippen molar-refractivity contribution in [3.63, 3.8) is 0 Å². The zero-order valence-electron chi connectivity index (χ0n) is 13.4. The number of hydrogen-bond donors (Lipinski definition) is 1. The Morgan fingerprint density at radius 1 is 1.22 bits per heavy atom. The highest BCUT2D eigenvalue weighted by molar-refractivity contribution is 5.30. The molecule has 130 valence electrons. The fourth-order valence-corrected chi connectivity index (χ4v) is 2.79. The highest BCUT2D eigenvalue weighted by Gasteiger charge is 2.39. The molecule has 0 aliphatic carbocycles. The number of piperazine rings is 1. The van der Waals surface area contributed by atoms with Gasteiger partial charge in [-0.3, -0.25) is 9.80 Å². The molecule has 2 rings (SSSR count). The smallest absolute Gasteiger partial charge is 0.415 e. The summed E-state index contributed by atoms with van der Waals surface area (Å²) in [6.45, 7) is 4.09. The summed E-state index contributed by atoms with van der Waals surface area (Å²) in [4.78, 5) is 3.89. The van der Waals surface area contributed by atoms with E-state index >= 15 is 0 Å². The number of halogens is 3. The van der Waals surface area contributed by atoms with Crippen LogP contribution >= 0.6 is 0 Å². The van der Waals surface area contributed by atoms with E-state index in [9.17, 15) is 13.2 Å². The number of aliphatic hydroxyl groups is 1. The summed E-state index contributed by atoms with van der Waals surface area (Å²) in [7, 11) is 1.62. The summed E-state index contributed by atoms with van der Waals surface area (Å²) >= 11 is 0. The lowest BCUT2D eigenvalue weighted by atomic mass is 10.1. The van der Waals surface area contributed by atoms with Gasteiger partial charge in [-0.15, -0.1) is 0 Å². The lowest BCUT2D eigenvalue weighted by Gasteiger charge is -2.39. The fraction of sp³-hybridized carbons (Fsp3) is 0.625. The van der Waals surface area contributed by atoms with Crippen LogP contribution in [0.3, 0.4) is 0 Å². The molecule has 1 aliphatic rings. The van der Waals surface area contributed by atoms with Crippen LogP contribution in [0.1, 0.15) is 18.5 Å². The van der Waals surface area contributed by atoms with Crippen molar-refractivity contribution >= 4 is 0 Å². The molecule has 23 heavy (non-hydrogen) atoms. The molecule has 1 fully saturated rings. The summed E-state index contributed by atoms with van der Waals surface area (Å²) < 4.78 is 42.4. The van der Waals surface area contributed by atoms with E-state index in [4.69, 9.17) is 9.84 Å². The number of β-amino-alcohol motifs (C(OH)–C–C–N with tert-alkyl or cyclic N) is 1. The van der Waals surface area contributed by atoms with E-state index in [2.05, 4.69) is 11.8 Å². The van der Waals surface area contributed by atoms with E-state index in [1.165, 1.54) is 0 Å². The molecule has 0 aromatic heterocycles. The van der Waals surface area contributed by atoms with Gasteiger partial charge in [-0.05, 0) is 24.6 Å². The van der Waals surface area contributed by atoms with Gasteiger partial charge >= 0.3 is 6.18 Å². The van der Waals surface area contributed by atoms with Gasteiger partial charge in [0.05, 0.1) is 7.11 Å². The molecule has 1 aromatic carbocycles. The van der Waals surface area contributed by atoms with Crippen LogP contribution in [0.5, 0.6) is 5.75 Å². The minimum Gasteiger partial charge on any atom is -0.497 e. The van der Waals surface area contributed by atoms with E-state index in [-0.39, 0.29) is 12.6 Å². The predicted octanol–water partition coefficient (Wildman–Crippen LogP) is 2.30. The van der Waals surface area contributed by atoms with Crippen LogP contribution in [0.4, 0.5) is 13.2 Å². The topological polar surface area (TPSA) is 35.9 Å². The first-order valence-corrected chi connectivity index (χ1v) is 7.66. The maximum absolute atomic E-state index is 12.4. The Bertz CT molecular complexity index is 502. The summed E-state index contributed by atoms with van der Waals surface area (Å²) in [6, 6.07) is 7.98. The molecule has 4 nitrogen and oxygen atoms in total. The van der Waals surface area contributed by atoms with Crippen molar-refractivity contribution in [2.24, 2.45) is 0 Å². The second-order valence-corrected chi connectivity index (χ2v) is 5.85. The SMILES string of the molecule is COc1cccc([C@@H](C)N2CCN(C[C@@H](O)C(F)(F)F)CC2)c1. The number of aliphatic hydroxyl groups excluding tert-OH is 1. The largest absolute Gasteiger partial charge is 0.497 e. The van der Waals surface area contributed by atoms with Crippen LogP contribution in [0.25, 0.3) is 0 Å². The molecule has 1 saturated heterocycles. The van der Waals surface area contributed by atoms with Gasteiger partial charge in [0, 0.05) is 38.8 Å². The maximum Gasteiger partial charge on any atom is 0.415 e. The van der Waals surface area contributed by atoms with E-state index in [0.29, 0.717) is 26.2 Å². The van der Waals surface area contributed by atoms with Crippen LogP contribution in [-0.2, 0) is 0 Å². The van der Waals surface area contributed by atoms with Gasteiger partial charge in [0.1, 0.15) is 5.75 Å². The first-order valence-electron chi connectivity index (χ1n) is 7.66. The molecule has 7 heteroatoms. The number of methoxy groups -OCH3 is 1. The van der Waals surface area contributed by atoms with Gasteiger partial charge in [-0.2, -0.15) is 13.2 Å².